The van der Waals surface area contributed by atoms with Crippen LogP contribution >= 0.6 is 0 Å². The van der Waals surface area contributed by atoms with Crippen molar-refractivity contribution in [2.45, 2.75) is 66.2 Å². The summed E-state index contributed by atoms with van der Waals surface area (Å²) in [5.41, 5.74) is 0. The summed E-state index contributed by atoms with van der Waals surface area (Å²) in [6.07, 6.45) is 3.07. The first-order valence-electron chi connectivity index (χ1n) is 16.5. The summed E-state index contributed by atoms with van der Waals surface area (Å²) in [5, 5.41) is 0. The molecular weight excluding hydrogens is 699 g/mol. The molecule has 1 aliphatic heterocycles. The summed E-state index contributed by atoms with van der Waals surface area (Å²) in [6.45, 7) is 17.4. The van der Waals surface area contributed by atoms with Gasteiger partial charge in [-0.15, -0.1) is 0 Å². The van der Waals surface area contributed by atoms with E-state index in [-0.39, 0.29) is 40.7 Å². The van der Waals surface area contributed by atoms with Crippen LogP contribution in [-0.4, -0.2) is 166 Å². The summed E-state index contributed by atoms with van der Waals surface area (Å²) in [6, 6.07) is 0. The molecule has 1 saturated heterocycles. The first-order chi connectivity index (χ1) is 22.3. The van der Waals surface area contributed by atoms with Crippen LogP contribution < -0.4 is 0 Å². The number of hydrogen-bond acceptors (Lipinski definition) is 16. The summed E-state index contributed by atoms with van der Waals surface area (Å²) in [5.74, 6) is -0.796. The van der Waals surface area contributed by atoms with E-state index in [1.807, 2.05) is 27.7 Å². The quantitative estimate of drug-likeness (QED) is 0.0911. The number of esters is 4. The van der Waals surface area contributed by atoms with Gasteiger partial charge in [0.05, 0.1) is 52.1 Å². The van der Waals surface area contributed by atoms with Crippen molar-refractivity contribution in [3.8, 4) is 0 Å². The minimum atomic E-state index is -5.17. The van der Waals surface area contributed by atoms with Crippen LogP contribution in [0.2, 0.25) is 0 Å². The maximum absolute atomic E-state index is 12.1. The van der Waals surface area contributed by atoms with Gasteiger partial charge in [-0.05, 0) is 66.7 Å². The van der Waals surface area contributed by atoms with Crippen LogP contribution in [0.15, 0.2) is 0 Å². The van der Waals surface area contributed by atoms with Gasteiger partial charge in [0.15, 0.2) is 0 Å². The molecule has 0 aromatic carbocycles. The molecule has 0 spiro atoms. The monoisotopic (exact) mass is 755 g/mol. The molecule has 1 aliphatic rings. The van der Waals surface area contributed by atoms with Crippen molar-refractivity contribution in [2.24, 2.45) is 0 Å². The topological polar surface area (TPSA) is 198 Å². The van der Waals surface area contributed by atoms with Gasteiger partial charge in [-0.1, -0.05) is 0 Å². The Morgan fingerprint density at radius 3 is 0.833 bits per heavy atom. The molecule has 0 aromatic heterocycles. The second kappa shape index (κ2) is 30.0. The van der Waals surface area contributed by atoms with E-state index in [1.54, 1.807) is 0 Å². The average molecular weight is 756 g/mol. The molecule has 16 nitrogen and oxygen atoms in total. The Morgan fingerprint density at radius 1 is 0.479 bits per heavy atom. The van der Waals surface area contributed by atoms with Crippen molar-refractivity contribution in [3.63, 3.8) is 0 Å². The van der Waals surface area contributed by atoms with Gasteiger partial charge < -0.3 is 47.7 Å². The van der Waals surface area contributed by atoms with E-state index < -0.39 is 10.4 Å². The molecule has 1 heterocycles. The number of rotatable bonds is 16. The SMILES string of the molecule is CCOC(=O)CCN1CCCN(CCC(=O)OCC)CCN(CCC(=O)OCC)CCCN(CCC(=O)OCC)CC1.O=S(=O)([O-])[O-].[Co+2]. The molecule has 0 amide bonds. The van der Waals surface area contributed by atoms with Crippen LogP contribution in [0.3, 0.4) is 0 Å². The molecule has 1 rings (SSSR count). The Labute approximate surface area is 296 Å². The zero-order valence-electron chi connectivity index (χ0n) is 29.0. The van der Waals surface area contributed by atoms with E-state index in [2.05, 4.69) is 19.6 Å². The zero-order valence-corrected chi connectivity index (χ0v) is 30.8. The largest absolute Gasteiger partial charge is 2.00 e. The molecule has 0 saturated carbocycles. The second-order valence-electron chi connectivity index (χ2n) is 10.7. The fraction of sp³-hybridized carbons (Fsp3) is 0.867. The molecular formula is C30H56CoN4O12S. The average Bonchev–Trinajstić information content (AvgIpc) is 2.99. The molecule has 0 N–H and O–H groups in total. The predicted molar refractivity (Wildman–Crippen MR) is 170 cm³/mol. The van der Waals surface area contributed by atoms with Crippen molar-refractivity contribution >= 4 is 34.3 Å². The summed E-state index contributed by atoms with van der Waals surface area (Å²) in [4.78, 5) is 57.4. The van der Waals surface area contributed by atoms with E-state index in [1.165, 1.54) is 0 Å². The van der Waals surface area contributed by atoms with Crippen LogP contribution in [0.25, 0.3) is 0 Å². The van der Waals surface area contributed by atoms with Gasteiger partial charge in [-0.25, -0.2) is 0 Å². The molecule has 18 heteroatoms. The number of carbonyl (C=O) groups excluding carboxylic acids is 4. The third-order valence-electron chi connectivity index (χ3n) is 7.11. The molecule has 0 unspecified atom stereocenters. The van der Waals surface area contributed by atoms with E-state index in [4.69, 9.17) is 36.5 Å². The van der Waals surface area contributed by atoms with Crippen molar-refractivity contribution in [2.75, 3.05) is 105 Å². The fourth-order valence-corrected chi connectivity index (χ4v) is 4.87. The summed E-state index contributed by atoms with van der Waals surface area (Å²) in [7, 11) is -5.17. The van der Waals surface area contributed by atoms with Crippen molar-refractivity contribution < 1.29 is 72.4 Å². The van der Waals surface area contributed by atoms with Gasteiger partial charge in [0.25, 0.3) is 0 Å². The van der Waals surface area contributed by atoms with Crippen LogP contribution in [0.4, 0.5) is 0 Å². The molecule has 0 aliphatic carbocycles. The minimum absolute atomic E-state index is 0. The van der Waals surface area contributed by atoms with Gasteiger partial charge in [0, 0.05) is 62.8 Å². The second-order valence-corrected chi connectivity index (χ2v) is 11.5. The van der Waals surface area contributed by atoms with E-state index in [0.717, 1.165) is 65.2 Å². The Hall–Kier alpha value is -1.90. The van der Waals surface area contributed by atoms with E-state index in [0.29, 0.717) is 78.3 Å². The smallest absolute Gasteiger partial charge is 0.759 e. The van der Waals surface area contributed by atoms with Gasteiger partial charge in [-0.2, -0.15) is 0 Å². The van der Waals surface area contributed by atoms with E-state index >= 15 is 0 Å². The molecule has 0 aromatic rings. The van der Waals surface area contributed by atoms with Gasteiger partial charge in [0.1, 0.15) is 0 Å². The first-order valence-corrected chi connectivity index (χ1v) is 17.8. The standard InChI is InChI=1S/C30H56N4O8.Co.H2O4S/c1-5-39-27(35)11-19-31-15-9-16-33(21-13-29(37)41-7-3)25-26-34(22-14-30(38)42-8-4)18-10-17-32(24-23-31)20-12-28(36)40-6-2;;1-5(2,3)4/h5-26H2,1-4H3;;(H2,1,2,3,4)/q;+2;/p-2. The maximum atomic E-state index is 12.1. The Bertz CT molecular complexity index is 863. The van der Waals surface area contributed by atoms with Gasteiger partial charge >= 0.3 is 40.7 Å². The van der Waals surface area contributed by atoms with Crippen LogP contribution in [-0.2, 0) is 65.3 Å². The maximum Gasteiger partial charge on any atom is 2.00 e. The number of carbonyl (C=O) groups is 4. The third kappa shape index (κ3) is 30.2. The van der Waals surface area contributed by atoms with Crippen LogP contribution in [0.1, 0.15) is 66.2 Å². The van der Waals surface area contributed by atoms with Crippen molar-refractivity contribution in [3.05, 3.63) is 0 Å². The Balaban J connectivity index is 0. The normalized spacial score (nSPS) is 16.3. The van der Waals surface area contributed by atoms with Gasteiger partial charge in [-0.3, -0.25) is 27.6 Å². The van der Waals surface area contributed by atoms with Crippen molar-refractivity contribution in [1.82, 2.24) is 19.6 Å². The zero-order chi connectivity index (χ0) is 35.5. The van der Waals surface area contributed by atoms with Crippen LogP contribution in [0, 0.1) is 0 Å². The fourth-order valence-electron chi connectivity index (χ4n) is 4.87. The number of ether oxygens (including phenoxy) is 4. The van der Waals surface area contributed by atoms with E-state index in [9.17, 15) is 19.2 Å². The number of hydrogen-bond donors (Lipinski definition) is 0. The molecule has 0 bridgehead atoms. The number of nitrogens with zero attached hydrogens (tertiary/aromatic N) is 4. The summed E-state index contributed by atoms with van der Waals surface area (Å²) >= 11 is 0. The predicted octanol–water partition coefficient (Wildman–Crippen LogP) is 0.461. The Morgan fingerprint density at radius 2 is 0.667 bits per heavy atom. The van der Waals surface area contributed by atoms with Crippen molar-refractivity contribution in [1.29, 1.82) is 0 Å². The molecule has 48 heavy (non-hydrogen) atoms. The Kier molecular flexibility index (Phi) is 30.1. The molecule has 283 valence electrons. The molecule has 0 atom stereocenters. The first kappa shape index (κ1) is 48.2. The van der Waals surface area contributed by atoms with Crippen LogP contribution in [0.5, 0.6) is 0 Å². The minimum Gasteiger partial charge on any atom is -0.759 e. The summed E-state index contributed by atoms with van der Waals surface area (Å²) < 4.78 is 54.7. The molecule has 1 fully saturated rings. The third-order valence-corrected chi connectivity index (χ3v) is 7.11. The van der Waals surface area contributed by atoms with Gasteiger partial charge in [0.2, 0.25) is 0 Å². The molecule has 1 radical (unpaired) electrons.